The minimum atomic E-state index is -0.191. The van der Waals surface area contributed by atoms with Gasteiger partial charge < -0.3 is 14.4 Å². The summed E-state index contributed by atoms with van der Waals surface area (Å²) in [6.45, 7) is 2.95. The van der Waals surface area contributed by atoms with Crippen molar-refractivity contribution in [3.8, 4) is 0 Å². The Hall–Kier alpha value is -1.40. The molecule has 0 radical (unpaired) electrons. The largest absolute Gasteiger partial charge is 0.378 e. The van der Waals surface area contributed by atoms with Gasteiger partial charge in [0.2, 0.25) is 0 Å². The molecule has 0 N–H and O–H groups in total. The normalized spacial score (nSPS) is 26.7. The number of hydrogen-bond acceptors (Lipinski definition) is 4. The number of likely N-dealkylation sites (tertiary alicyclic amines) is 1. The molecule has 3 fully saturated rings. The first-order chi connectivity index (χ1) is 11.6. The van der Waals surface area contributed by atoms with Crippen molar-refractivity contribution in [3.05, 3.63) is 18.0 Å². The molecule has 4 rings (SSSR count). The van der Waals surface area contributed by atoms with Gasteiger partial charge in [-0.2, -0.15) is 5.10 Å². The minimum Gasteiger partial charge on any atom is -0.378 e. The fourth-order valence-electron chi connectivity index (χ4n) is 4.28. The van der Waals surface area contributed by atoms with E-state index in [4.69, 9.17) is 9.47 Å². The van der Waals surface area contributed by atoms with Gasteiger partial charge in [-0.25, -0.2) is 0 Å². The van der Waals surface area contributed by atoms with Crippen molar-refractivity contribution >= 4 is 5.91 Å². The van der Waals surface area contributed by atoms with Crippen molar-refractivity contribution in [1.29, 1.82) is 0 Å². The molecule has 1 atom stereocenters. The second-order valence-electron chi connectivity index (χ2n) is 7.67. The third-order valence-electron chi connectivity index (χ3n) is 5.67. The highest BCUT2D eigenvalue weighted by Crippen LogP contribution is 2.36. The molecule has 0 bridgehead atoms. The van der Waals surface area contributed by atoms with Crippen LogP contribution in [-0.4, -0.2) is 58.6 Å². The third kappa shape index (κ3) is 3.22. The quantitative estimate of drug-likeness (QED) is 0.846. The van der Waals surface area contributed by atoms with E-state index in [1.807, 2.05) is 11.9 Å². The molecule has 132 valence electrons. The zero-order valence-corrected chi connectivity index (χ0v) is 14.4. The number of carbonyl (C=O) groups is 1. The molecule has 6 nitrogen and oxygen atoms in total. The van der Waals surface area contributed by atoms with Crippen LogP contribution in [0.4, 0.5) is 0 Å². The Bertz CT molecular complexity index is 588. The van der Waals surface area contributed by atoms with Crippen molar-refractivity contribution in [2.75, 3.05) is 26.3 Å². The molecule has 24 heavy (non-hydrogen) atoms. The first-order valence-corrected chi connectivity index (χ1v) is 9.18. The molecule has 3 heterocycles. The van der Waals surface area contributed by atoms with E-state index in [9.17, 15) is 4.79 Å². The highest BCUT2D eigenvalue weighted by Gasteiger charge is 2.50. The Balaban J connectivity index is 1.28. The number of aromatic nitrogens is 2. The molecule has 1 aromatic rings. The lowest BCUT2D eigenvalue weighted by atomic mass is 9.84. The van der Waals surface area contributed by atoms with Gasteiger partial charge in [0.05, 0.1) is 19.2 Å². The first kappa shape index (κ1) is 16.1. The number of nitrogens with zero attached hydrogens (tertiary/aromatic N) is 3. The van der Waals surface area contributed by atoms with Crippen molar-refractivity contribution in [2.24, 2.45) is 13.0 Å². The predicted molar refractivity (Wildman–Crippen MR) is 88.7 cm³/mol. The van der Waals surface area contributed by atoms with Gasteiger partial charge in [-0.1, -0.05) is 12.8 Å². The maximum Gasteiger partial charge on any atom is 0.274 e. The Labute approximate surface area is 143 Å². The average Bonchev–Trinajstić information content (AvgIpc) is 3.21. The molecular weight excluding hydrogens is 306 g/mol. The molecule has 1 aromatic heterocycles. The summed E-state index contributed by atoms with van der Waals surface area (Å²) in [6.07, 6.45) is 9.32. The molecule has 1 spiro atoms. The van der Waals surface area contributed by atoms with Crippen LogP contribution >= 0.6 is 0 Å². The highest BCUT2D eigenvalue weighted by atomic mass is 16.5. The van der Waals surface area contributed by atoms with E-state index in [-0.39, 0.29) is 17.6 Å². The molecule has 6 heteroatoms. The van der Waals surface area contributed by atoms with Gasteiger partial charge in [-0.3, -0.25) is 9.48 Å². The van der Waals surface area contributed by atoms with Crippen molar-refractivity contribution in [3.63, 3.8) is 0 Å². The van der Waals surface area contributed by atoms with Gasteiger partial charge in [0, 0.05) is 32.9 Å². The van der Waals surface area contributed by atoms with Crippen LogP contribution in [0.25, 0.3) is 0 Å². The summed E-state index contributed by atoms with van der Waals surface area (Å²) in [5.74, 6) is 0.756. The van der Waals surface area contributed by atoms with E-state index in [0.717, 1.165) is 32.0 Å². The van der Waals surface area contributed by atoms with Gasteiger partial charge in [0.15, 0.2) is 0 Å². The van der Waals surface area contributed by atoms with Crippen LogP contribution in [-0.2, 0) is 16.5 Å². The molecule has 1 aliphatic carbocycles. The zero-order valence-electron chi connectivity index (χ0n) is 14.4. The third-order valence-corrected chi connectivity index (χ3v) is 5.67. The monoisotopic (exact) mass is 333 g/mol. The number of carbonyl (C=O) groups excluding carboxylic acids is 1. The Morgan fingerprint density at radius 1 is 1.38 bits per heavy atom. The second kappa shape index (κ2) is 6.48. The predicted octanol–water partition coefficient (Wildman–Crippen LogP) is 2.00. The van der Waals surface area contributed by atoms with Gasteiger partial charge in [-0.15, -0.1) is 0 Å². The second-order valence-corrected chi connectivity index (χ2v) is 7.67. The lowest BCUT2D eigenvalue weighted by molar-refractivity contribution is -0.187. The van der Waals surface area contributed by atoms with E-state index in [0.29, 0.717) is 18.8 Å². The lowest BCUT2D eigenvalue weighted by Crippen LogP contribution is -2.67. The number of aryl methyl sites for hydroxylation is 1. The van der Waals surface area contributed by atoms with Crippen LogP contribution in [0, 0.1) is 5.92 Å². The minimum absolute atomic E-state index is 0.00109. The smallest absolute Gasteiger partial charge is 0.274 e. The summed E-state index contributed by atoms with van der Waals surface area (Å²) >= 11 is 0. The summed E-state index contributed by atoms with van der Waals surface area (Å²) in [6, 6.07) is 1.77. The van der Waals surface area contributed by atoms with E-state index in [2.05, 4.69) is 5.10 Å². The van der Waals surface area contributed by atoms with Crippen LogP contribution in [0.3, 0.4) is 0 Å². The lowest BCUT2D eigenvalue weighted by Gasteiger charge is -2.52. The molecular formula is C18H27N3O3. The van der Waals surface area contributed by atoms with E-state index >= 15 is 0 Å². The maximum atomic E-state index is 12.4. The Morgan fingerprint density at radius 3 is 2.88 bits per heavy atom. The van der Waals surface area contributed by atoms with Gasteiger partial charge >= 0.3 is 0 Å². The molecule has 0 unspecified atom stereocenters. The molecule has 2 aliphatic heterocycles. The topological polar surface area (TPSA) is 56.6 Å². The Kier molecular flexibility index (Phi) is 4.35. The Morgan fingerprint density at radius 2 is 2.17 bits per heavy atom. The van der Waals surface area contributed by atoms with Crippen molar-refractivity contribution in [2.45, 2.75) is 50.2 Å². The number of amides is 1. The number of hydrogen-bond donors (Lipinski definition) is 0. The van der Waals surface area contributed by atoms with Gasteiger partial charge in [-0.05, 0) is 31.2 Å². The fourth-order valence-corrected chi connectivity index (χ4v) is 4.28. The van der Waals surface area contributed by atoms with E-state index in [1.54, 1.807) is 16.9 Å². The standard InChI is InChI=1S/C18H27N3O3/c1-20-8-6-16(19-20)17(22)21-12-18(13-21)10-15(7-9-24-18)23-11-14-4-2-3-5-14/h6,8,14-15H,2-5,7,9-13H2,1H3/t15-/m1/s1. The highest BCUT2D eigenvalue weighted by molar-refractivity contribution is 5.93. The average molecular weight is 333 g/mol. The van der Waals surface area contributed by atoms with Crippen LogP contribution in [0.2, 0.25) is 0 Å². The first-order valence-electron chi connectivity index (χ1n) is 9.18. The van der Waals surface area contributed by atoms with Gasteiger partial charge in [0.25, 0.3) is 5.91 Å². The number of rotatable bonds is 4. The summed E-state index contributed by atoms with van der Waals surface area (Å²) in [7, 11) is 1.82. The summed E-state index contributed by atoms with van der Waals surface area (Å²) in [4.78, 5) is 14.2. The summed E-state index contributed by atoms with van der Waals surface area (Å²) in [5, 5.41) is 4.20. The SMILES string of the molecule is Cn1ccc(C(=O)N2CC3(C[C@H](OCC4CCCC4)CCO3)C2)n1. The van der Waals surface area contributed by atoms with Crippen molar-refractivity contribution in [1.82, 2.24) is 14.7 Å². The summed E-state index contributed by atoms with van der Waals surface area (Å²) < 4.78 is 13.9. The van der Waals surface area contributed by atoms with Crippen molar-refractivity contribution < 1.29 is 14.3 Å². The zero-order chi connectivity index (χ0) is 16.6. The molecule has 0 aromatic carbocycles. The van der Waals surface area contributed by atoms with Crippen LogP contribution < -0.4 is 0 Å². The molecule has 2 saturated heterocycles. The van der Waals surface area contributed by atoms with Crippen LogP contribution in [0.1, 0.15) is 49.0 Å². The molecule has 3 aliphatic rings. The van der Waals surface area contributed by atoms with E-state index < -0.39 is 0 Å². The van der Waals surface area contributed by atoms with Crippen LogP contribution in [0.15, 0.2) is 12.3 Å². The summed E-state index contributed by atoms with van der Waals surface area (Å²) in [5.41, 5.74) is 0.320. The van der Waals surface area contributed by atoms with Gasteiger partial charge in [0.1, 0.15) is 11.3 Å². The number of ether oxygens (including phenoxy) is 2. The van der Waals surface area contributed by atoms with Crippen LogP contribution in [0.5, 0.6) is 0 Å². The molecule has 1 saturated carbocycles. The molecule has 1 amide bonds. The van der Waals surface area contributed by atoms with E-state index in [1.165, 1.54) is 25.7 Å². The fraction of sp³-hybridized carbons (Fsp3) is 0.778. The maximum absolute atomic E-state index is 12.4.